The van der Waals surface area contributed by atoms with Crippen molar-refractivity contribution in [1.29, 1.82) is 0 Å². The molecular weight excluding hydrogens is 271 g/mol. The van der Waals surface area contributed by atoms with Crippen LogP contribution in [0.2, 0.25) is 0 Å². The second-order valence-electron chi connectivity index (χ2n) is 5.36. The van der Waals surface area contributed by atoms with Crippen molar-refractivity contribution in [1.82, 2.24) is 20.1 Å². The Hall–Kier alpha value is -2.24. The molecule has 1 aliphatic rings. The predicted molar refractivity (Wildman–Crippen MR) is 75.1 cm³/mol. The standard InChI is InChI=1S/C15H17FN4O/c1-10-5-6-11(12(16)8-10)15(21)20-7-3-2-4-13(20)14-17-9-18-19-14/h5-6,8-9,13H,2-4,7H2,1H3,(H,17,18,19). The maximum Gasteiger partial charge on any atom is 0.257 e. The number of benzene rings is 1. The highest BCUT2D eigenvalue weighted by Crippen LogP contribution is 2.30. The quantitative estimate of drug-likeness (QED) is 0.924. The Morgan fingerprint density at radius 1 is 1.43 bits per heavy atom. The van der Waals surface area contributed by atoms with E-state index in [1.807, 2.05) is 0 Å². The number of carbonyl (C=O) groups is 1. The van der Waals surface area contributed by atoms with Gasteiger partial charge in [0.1, 0.15) is 18.0 Å². The van der Waals surface area contributed by atoms with Gasteiger partial charge in [0, 0.05) is 6.54 Å². The van der Waals surface area contributed by atoms with E-state index in [0.29, 0.717) is 12.4 Å². The Bertz CT molecular complexity index is 641. The number of aromatic nitrogens is 3. The van der Waals surface area contributed by atoms with E-state index in [9.17, 15) is 9.18 Å². The average molecular weight is 288 g/mol. The molecule has 5 nitrogen and oxygen atoms in total. The SMILES string of the molecule is Cc1ccc(C(=O)N2CCCCC2c2ncn[nH]2)c(F)c1. The van der Waals surface area contributed by atoms with Gasteiger partial charge in [-0.15, -0.1) is 0 Å². The summed E-state index contributed by atoms with van der Waals surface area (Å²) in [4.78, 5) is 18.5. The highest BCUT2D eigenvalue weighted by atomic mass is 19.1. The van der Waals surface area contributed by atoms with Gasteiger partial charge in [-0.05, 0) is 43.9 Å². The van der Waals surface area contributed by atoms with Crippen LogP contribution in [0.15, 0.2) is 24.5 Å². The monoisotopic (exact) mass is 288 g/mol. The van der Waals surface area contributed by atoms with Crippen LogP contribution in [0.3, 0.4) is 0 Å². The molecule has 1 aromatic heterocycles. The van der Waals surface area contributed by atoms with Gasteiger partial charge in [0.05, 0.1) is 11.6 Å². The van der Waals surface area contributed by atoms with Gasteiger partial charge in [-0.3, -0.25) is 9.89 Å². The minimum absolute atomic E-state index is 0.118. The number of aromatic amines is 1. The summed E-state index contributed by atoms with van der Waals surface area (Å²) in [5.74, 6) is -0.0916. The van der Waals surface area contributed by atoms with Gasteiger partial charge < -0.3 is 4.90 Å². The van der Waals surface area contributed by atoms with Gasteiger partial charge in [-0.1, -0.05) is 6.07 Å². The first-order chi connectivity index (χ1) is 10.2. The lowest BCUT2D eigenvalue weighted by Gasteiger charge is -2.34. The molecule has 0 saturated carbocycles. The number of hydrogen-bond donors (Lipinski definition) is 1. The summed E-state index contributed by atoms with van der Waals surface area (Å²) >= 11 is 0. The molecule has 110 valence electrons. The van der Waals surface area contributed by atoms with Gasteiger partial charge in [-0.2, -0.15) is 5.10 Å². The molecule has 1 aliphatic heterocycles. The topological polar surface area (TPSA) is 61.9 Å². The Morgan fingerprint density at radius 3 is 3.00 bits per heavy atom. The van der Waals surface area contributed by atoms with Crippen LogP contribution in [0.1, 0.15) is 47.1 Å². The number of aryl methyl sites for hydroxylation is 1. The van der Waals surface area contributed by atoms with Crippen molar-refractivity contribution in [2.24, 2.45) is 0 Å². The molecule has 1 aromatic carbocycles. The van der Waals surface area contributed by atoms with Crippen LogP contribution < -0.4 is 0 Å². The van der Waals surface area contributed by atoms with Crippen LogP contribution >= 0.6 is 0 Å². The number of amides is 1. The fraction of sp³-hybridized carbons (Fsp3) is 0.400. The zero-order chi connectivity index (χ0) is 14.8. The second-order valence-corrected chi connectivity index (χ2v) is 5.36. The van der Waals surface area contributed by atoms with Gasteiger partial charge in [0.25, 0.3) is 5.91 Å². The molecule has 2 aromatic rings. The van der Waals surface area contributed by atoms with E-state index >= 15 is 0 Å². The number of hydrogen-bond acceptors (Lipinski definition) is 3. The normalized spacial score (nSPS) is 18.8. The highest BCUT2D eigenvalue weighted by molar-refractivity contribution is 5.94. The molecule has 1 unspecified atom stereocenters. The zero-order valence-electron chi connectivity index (χ0n) is 11.8. The van der Waals surface area contributed by atoms with E-state index in [0.717, 1.165) is 24.8 Å². The fourth-order valence-electron chi connectivity index (χ4n) is 2.78. The minimum Gasteiger partial charge on any atom is -0.328 e. The maximum absolute atomic E-state index is 14.0. The molecule has 2 heterocycles. The highest BCUT2D eigenvalue weighted by Gasteiger charge is 2.31. The lowest BCUT2D eigenvalue weighted by molar-refractivity contribution is 0.0595. The van der Waals surface area contributed by atoms with E-state index < -0.39 is 5.82 Å². The zero-order valence-corrected chi connectivity index (χ0v) is 11.8. The Morgan fingerprint density at radius 2 is 2.29 bits per heavy atom. The summed E-state index contributed by atoms with van der Waals surface area (Å²) in [5.41, 5.74) is 0.918. The van der Waals surface area contributed by atoms with Crippen LogP contribution in [-0.2, 0) is 0 Å². The van der Waals surface area contributed by atoms with E-state index in [1.54, 1.807) is 24.0 Å². The molecule has 1 fully saturated rings. The number of likely N-dealkylation sites (tertiary alicyclic amines) is 1. The number of carbonyl (C=O) groups excluding carboxylic acids is 1. The van der Waals surface area contributed by atoms with Crippen molar-refractivity contribution in [2.45, 2.75) is 32.2 Å². The molecule has 6 heteroatoms. The van der Waals surface area contributed by atoms with Crippen LogP contribution in [0.5, 0.6) is 0 Å². The summed E-state index contributed by atoms with van der Waals surface area (Å²) in [6.45, 7) is 2.41. The molecule has 1 N–H and O–H groups in total. The molecule has 0 spiro atoms. The molecular formula is C15H17FN4O. The van der Waals surface area contributed by atoms with E-state index in [1.165, 1.54) is 12.4 Å². The summed E-state index contributed by atoms with van der Waals surface area (Å²) in [6.07, 6.45) is 4.18. The fourth-order valence-corrected chi connectivity index (χ4v) is 2.78. The van der Waals surface area contributed by atoms with Crippen molar-refractivity contribution >= 4 is 5.91 Å². The van der Waals surface area contributed by atoms with Crippen molar-refractivity contribution in [3.05, 3.63) is 47.3 Å². The van der Waals surface area contributed by atoms with Crippen molar-refractivity contribution in [3.63, 3.8) is 0 Å². The summed E-state index contributed by atoms with van der Waals surface area (Å²) < 4.78 is 14.0. The Kier molecular flexibility index (Phi) is 3.68. The van der Waals surface area contributed by atoms with Crippen molar-refractivity contribution in [2.75, 3.05) is 6.54 Å². The number of piperidine rings is 1. The lowest BCUT2D eigenvalue weighted by Crippen LogP contribution is -2.39. The maximum atomic E-state index is 14.0. The predicted octanol–water partition coefficient (Wildman–Crippen LogP) is 2.62. The van der Waals surface area contributed by atoms with Crippen LogP contribution in [-0.4, -0.2) is 32.5 Å². The molecule has 1 atom stereocenters. The molecule has 0 aliphatic carbocycles. The molecule has 1 saturated heterocycles. The van der Waals surface area contributed by atoms with Crippen LogP contribution in [0, 0.1) is 12.7 Å². The number of nitrogens with one attached hydrogen (secondary N) is 1. The van der Waals surface area contributed by atoms with E-state index in [4.69, 9.17) is 0 Å². The van der Waals surface area contributed by atoms with E-state index in [-0.39, 0.29) is 17.5 Å². The van der Waals surface area contributed by atoms with Crippen molar-refractivity contribution in [3.8, 4) is 0 Å². The molecule has 0 bridgehead atoms. The molecule has 3 rings (SSSR count). The van der Waals surface area contributed by atoms with Gasteiger partial charge in [-0.25, -0.2) is 9.37 Å². The first kappa shape index (κ1) is 13.7. The second kappa shape index (κ2) is 5.63. The smallest absolute Gasteiger partial charge is 0.257 e. The number of nitrogens with zero attached hydrogens (tertiary/aromatic N) is 3. The number of rotatable bonds is 2. The van der Waals surface area contributed by atoms with Crippen molar-refractivity contribution < 1.29 is 9.18 Å². The summed E-state index contributed by atoms with van der Waals surface area (Å²) in [6, 6.07) is 4.54. The van der Waals surface area contributed by atoms with Gasteiger partial charge in [0.15, 0.2) is 0 Å². The first-order valence-electron chi connectivity index (χ1n) is 7.09. The van der Waals surface area contributed by atoms with Gasteiger partial charge in [0.2, 0.25) is 0 Å². The largest absolute Gasteiger partial charge is 0.328 e. The first-order valence-corrected chi connectivity index (χ1v) is 7.09. The molecule has 0 radical (unpaired) electrons. The van der Waals surface area contributed by atoms with Crippen LogP contribution in [0.25, 0.3) is 0 Å². The lowest BCUT2D eigenvalue weighted by atomic mass is 10.00. The third kappa shape index (κ3) is 2.66. The van der Waals surface area contributed by atoms with Gasteiger partial charge >= 0.3 is 0 Å². The summed E-state index contributed by atoms with van der Waals surface area (Å²) in [7, 11) is 0. The number of H-pyrrole nitrogens is 1. The average Bonchev–Trinajstić information content (AvgIpc) is 3.01. The third-order valence-corrected chi connectivity index (χ3v) is 3.87. The summed E-state index contributed by atoms with van der Waals surface area (Å²) in [5, 5.41) is 6.66. The van der Waals surface area contributed by atoms with Crippen LogP contribution in [0.4, 0.5) is 4.39 Å². The van der Waals surface area contributed by atoms with E-state index in [2.05, 4.69) is 15.2 Å². The number of halogens is 1. The Labute approximate surface area is 122 Å². The third-order valence-electron chi connectivity index (χ3n) is 3.87. The molecule has 21 heavy (non-hydrogen) atoms. The molecule has 1 amide bonds. The Balaban J connectivity index is 1.91. The minimum atomic E-state index is -0.470.